The third kappa shape index (κ3) is 5.98. The van der Waals surface area contributed by atoms with Crippen molar-refractivity contribution in [2.75, 3.05) is 13.1 Å². The number of benzene rings is 3. The second kappa shape index (κ2) is 11.3. The number of likely N-dealkylation sites (N-methyl/N-ethyl adjacent to an activating group) is 1. The number of aromatic amines is 1. The molecule has 1 aliphatic rings. The van der Waals surface area contributed by atoms with E-state index in [9.17, 15) is 8.42 Å². The Kier molecular flexibility index (Phi) is 8.14. The Morgan fingerprint density at radius 2 is 1.67 bits per heavy atom. The van der Waals surface area contributed by atoms with Crippen molar-refractivity contribution in [3.05, 3.63) is 95.2 Å². The van der Waals surface area contributed by atoms with Crippen LogP contribution in [0.2, 0.25) is 0 Å². The highest BCUT2D eigenvalue weighted by molar-refractivity contribution is 7.85. The molecular weight excluding hydrogens is 472 g/mol. The maximum atomic E-state index is 10.5. The van der Waals surface area contributed by atoms with Crippen molar-refractivity contribution >= 4 is 21.0 Å². The van der Waals surface area contributed by atoms with E-state index in [0.29, 0.717) is 12.6 Å². The van der Waals surface area contributed by atoms with E-state index < -0.39 is 10.1 Å². The van der Waals surface area contributed by atoms with Gasteiger partial charge in [-0.25, -0.2) is 0 Å². The molecule has 2 N–H and O–H groups in total. The number of aryl methyl sites for hydroxylation is 1. The molecule has 0 fully saturated rings. The standard InChI is InChI=1S/C22H26N2O.C7H8O3S/c1-3-24(4-2)18-12-17-14-23-20-10-11-21(19(13-18)22(17)20)25-15-16-8-6-5-7-9-16;1-6-2-4-7(5-3-6)11(8,9)10/h5-11,14,18,23H,3-4,12-13,15H2,1-2H3;2-5H,1H3,(H,8,9,10). The molecule has 6 nitrogen and oxygen atoms in total. The Bertz CT molecular complexity index is 1390. The fourth-order valence-electron chi connectivity index (χ4n) is 4.86. The quantitative estimate of drug-likeness (QED) is 0.310. The summed E-state index contributed by atoms with van der Waals surface area (Å²) in [6.45, 7) is 9.16. The van der Waals surface area contributed by atoms with Crippen LogP contribution in [0.25, 0.3) is 10.9 Å². The summed E-state index contributed by atoms with van der Waals surface area (Å²) in [5, 5.41) is 1.38. The summed E-state index contributed by atoms with van der Waals surface area (Å²) >= 11 is 0. The lowest BCUT2D eigenvalue weighted by atomic mass is 9.87. The van der Waals surface area contributed by atoms with E-state index >= 15 is 0 Å². The average molecular weight is 507 g/mol. The number of nitrogens with one attached hydrogen (secondary N) is 1. The van der Waals surface area contributed by atoms with Crippen LogP contribution in [0.15, 0.2) is 77.8 Å². The molecule has 0 spiro atoms. The third-order valence-corrected chi connectivity index (χ3v) is 7.64. The third-order valence-electron chi connectivity index (χ3n) is 6.77. The molecule has 7 heteroatoms. The lowest BCUT2D eigenvalue weighted by molar-refractivity contribution is 0.209. The lowest BCUT2D eigenvalue weighted by Crippen LogP contribution is -2.39. The van der Waals surface area contributed by atoms with Gasteiger partial charge in [0.25, 0.3) is 10.1 Å². The van der Waals surface area contributed by atoms with Gasteiger partial charge in [0, 0.05) is 28.7 Å². The normalized spacial score (nSPS) is 15.0. The Morgan fingerprint density at radius 1 is 0.972 bits per heavy atom. The van der Waals surface area contributed by atoms with Crippen molar-refractivity contribution in [1.29, 1.82) is 0 Å². The number of hydrogen-bond acceptors (Lipinski definition) is 4. The molecule has 5 rings (SSSR count). The van der Waals surface area contributed by atoms with Gasteiger partial charge >= 0.3 is 0 Å². The number of rotatable bonds is 7. The van der Waals surface area contributed by atoms with Crippen molar-refractivity contribution in [3.63, 3.8) is 0 Å². The predicted octanol–water partition coefficient (Wildman–Crippen LogP) is 5.80. The van der Waals surface area contributed by atoms with Gasteiger partial charge in [0.15, 0.2) is 0 Å². The molecule has 4 aromatic rings. The van der Waals surface area contributed by atoms with Crippen LogP contribution in [0.3, 0.4) is 0 Å². The Morgan fingerprint density at radius 3 is 2.31 bits per heavy atom. The van der Waals surface area contributed by atoms with Crippen molar-refractivity contribution in [2.24, 2.45) is 0 Å². The molecule has 190 valence electrons. The van der Waals surface area contributed by atoms with Crippen molar-refractivity contribution in [3.8, 4) is 5.75 Å². The molecule has 0 radical (unpaired) electrons. The molecule has 1 atom stereocenters. The molecule has 0 saturated carbocycles. The second-order valence-electron chi connectivity index (χ2n) is 9.12. The van der Waals surface area contributed by atoms with Gasteiger partial charge in [-0.05, 0) is 68.2 Å². The molecule has 0 amide bonds. The van der Waals surface area contributed by atoms with Crippen LogP contribution < -0.4 is 4.74 Å². The van der Waals surface area contributed by atoms with Crippen molar-refractivity contribution in [2.45, 2.75) is 51.2 Å². The summed E-state index contributed by atoms with van der Waals surface area (Å²) in [6.07, 6.45) is 4.37. The van der Waals surface area contributed by atoms with Crippen LogP contribution in [0.4, 0.5) is 0 Å². The number of nitrogens with zero attached hydrogens (tertiary/aromatic N) is 1. The SMILES string of the molecule is CCN(CC)C1Cc2c[nH]c3ccc(OCc4ccccc4)c(c23)C1.Cc1ccc(S(=O)(=O)O)cc1. The first kappa shape index (κ1) is 25.9. The molecule has 1 unspecified atom stereocenters. The van der Waals surface area contributed by atoms with Crippen molar-refractivity contribution < 1.29 is 17.7 Å². The van der Waals surface area contributed by atoms with Gasteiger partial charge in [0.1, 0.15) is 12.4 Å². The van der Waals surface area contributed by atoms with Crippen LogP contribution in [0.5, 0.6) is 5.75 Å². The van der Waals surface area contributed by atoms with Gasteiger partial charge in [-0.1, -0.05) is 61.9 Å². The zero-order chi connectivity index (χ0) is 25.7. The van der Waals surface area contributed by atoms with Crippen LogP contribution >= 0.6 is 0 Å². The maximum Gasteiger partial charge on any atom is 0.294 e. The molecule has 36 heavy (non-hydrogen) atoms. The summed E-state index contributed by atoms with van der Waals surface area (Å²) in [7, 11) is -4.02. The Hall–Kier alpha value is -3.13. The molecule has 0 aliphatic heterocycles. The van der Waals surface area contributed by atoms with E-state index in [1.54, 1.807) is 12.1 Å². The number of H-pyrrole nitrogens is 1. The first-order valence-electron chi connectivity index (χ1n) is 12.4. The molecular formula is C29H34N2O4S. The predicted molar refractivity (Wildman–Crippen MR) is 144 cm³/mol. The summed E-state index contributed by atoms with van der Waals surface area (Å²) in [4.78, 5) is 5.94. The highest BCUT2D eigenvalue weighted by atomic mass is 32.2. The fourth-order valence-corrected chi connectivity index (χ4v) is 5.34. The largest absolute Gasteiger partial charge is 0.489 e. The highest BCUT2D eigenvalue weighted by Crippen LogP contribution is 2.37. The van der Waals surface area contributed by atoms with Crippen molar-refractivity contribution in [1.82, 2.24) is 9.88 Å². The molecule has 1 heterocycles. The van der Waals surface area contributed by atoms with Gasteiger partial charge in [-0.2, -0.15) is 8.42 Å². The minimum Gasteiger partial charge on any atom is -0.489 e. The topological polar surface area (TPSA) is 82.6 Å². The van der Waals surface area contributed by atoms with E-state index in [2.05, 4.69) is 66.3 Å². The van der Waals surface area contributed by atoms with Crippen LogP contribution in [-0.4, -0.2) is 42.0 Å². The summed E-state index contributed by atoms with van der Waals surface area (Å²) in [6, 6.07) is 21.2. The lowest BCUT2D eigenvalue weighted by Gasteiger charge is -2.33. The van der Waals surface area contributed by atoms with Crippen LogP contribution in [0, 0.1) is 6.92 Å². The van der Waals surface area contributed by atoms with Crippen LogP contribution in [-0.2, 0) is 29.6 Å². The second-order valence-corrected chi connectivity index (χ2v) is 10.5. The summed E-state index contributed by atoms with van der Waals surface area (Å²) in [5.41, 5.74) is 6.19. The van der Waals surface area contributed by atoms with E-state index in [1.165, 1.54) is 39.7 Å². The van der Waals surface area contributed by atoms with E-state index in [1.807, 2.05) is 13.0 Å². The van der Waals surface area contributed by atoms with Gasteiger partial charge in [0.2, 0.25) is 0 Å². The smallest absolute Gasteiger partial charge is 0.294 e. The minimum absolute atomic E-state index is 0.0666. The molecule has 3 aromatic carbocycles. The van der Waals surface area contributed by atoms with Gasteiger partial charge in [0.05, 0.1) is 4.90 Å². The Labute approximate surface area is 213 Å². The molecule has 1 aliphatic carbocycles. The molecule has 0 bridgehead atoms. The molecule has 1 aromatic heterocycles. The fraction of sp³-hybridized carbons (Fsp3) is 0.310. The van der Waals surface area contributed by atoms with Gasteiger partial charge < -0.3 is 14.6 Å². The van der Waals surface area contributed by atoms with E-state index in [4.69, 9.17) is 9.29 Å². The number of aromatic nitrogens is 1. The zero-order valence-electron chi connectivity index (χ0n) is 21.1. The van der Waals surface area contributed by atoms with Crippen LogP contribution in [0.1, 0.15) is 36.1 Å². The first-order chi connectivity index (χ1) is 17.3. The Balaban J connectivity index is 0.000000233. The summed E-state index contributed by atoms with van der Waals surface area (Å²) < 4.78 is 35.8. The highest BCUT2D eigenvalue weighted by Gasteiger charge is 2.27. The van der Waals surface area contributed by atoms with Gasteiger partial charge in [-0.3, -0.25) is 4.55 Å². The number of hydrogen-bond donors (Lipinski definition) is 2. The van der Waals surface area contributed by atoms with E-state index in [-0.39, 0.29) is 4.90 Å². The first-order valence-corrected chi connectivity index (χ1v) is 13.8. The minimum atomic E-state index is -4.02. The maximum absolute atomic E-state index is 10.5. The zero-order valence-corrected chi connectivity index (χ0v) is 21.9. The number of ether oxygens (including phenoxy) is 1. The van der Waals surface area contributed by atoms with E-state index in [0.717, 1.165) is 37.2 Å². The van der Waals surface area contributed by atoms with Gasteiger partial charge in [-0.15, -0.1) is 0 Å². The monoisotopic (exact) mass is 506 g/mol. The summed E-state index contributed by atoms with van der Waals surface area (Å²) in [5.74, 6) is 1.04. The molecule has 0 saturated heterocycles. The average Bonchev–Trinajstić information content (AvgIpc) is 3.29.